The number of aryl methyl sites for hydroxylation is 1. The van der Waals surface area contributed by atoms with E-state index in [1.807, 2.05) is 13.0 Å². The van der Waals surface area contributed by atoms with Crippen molar-refractivity contribution in [2.75, 3.05) is 32.1 Å². The summed E-state index contributed by atoms with van der Waals surface area (Å²) in [5.41, 5.74) is 11.6. The fourth-order valence-electron chi connectivity index (χ4n) is 5.58. The number of nitrogens with two attached hydrogens (primary N) is 1. The number of anilines is 1. The number of amides is 1. The summed E-state index contributed by atoms with van der Waals surface area (Å²) in [6.45, 7) is 6.84. The molecule has 6 heteroatoms. The van der Waals surface area contributed by atoms with Gasteiger partial charge in [-0.1, -0.05) is 37.3 Å². The van der Waals surface area contributed by atoms with Crippen LogP contribution in [0.25, 0.3) is 22.0 Å². The Morgan fingerprint density at radius 1 is 1.23 bits per heavy atom. The molecule has 0 radical (unpaired) electrons. The Hall–Kier alpha value is -2.96. The molecule has 184 valence electrons. The molecule has 5 rings (SSSR count). The zero-order valence-corrected chi connectivity index (χ0v) is 20.7. The summed E-state index contributed by atoms with van der Waals surface area (Å²) in [5, 5.41) is 4.23. The third-order valence-electron chi connectivity index (χ3n) is 7.71. The van der Waals surface area contributed by atoms with Crippen LogP contribution in [0.1, 0.15) is 37.3 Å². The summed E-state index contributed by atoms with van der Waals surface area (Å²) in [6.07, 6.45) is 3.64. The molecule has 0 aliphatic carbocycles. The molecule has 1 aromatic heterocycles. The lowest BCUT2D eigenvalue weighted by molar-refractivity contribution is -0.159. The van der Waals surface area contributed by atoms with Crippen molar-refractivity contribution in [2.24, 2.45) is 11.3 Å². The third kappa shape index (κ3) is 4.91. The van der Waals surface area contributed by atoms with Gasteiger partial charge in [-0.25, -0.2) is 4.98 Å². The summed E-state index contributed by atoms with van der Waals surface area (Å²) >= 11 is 0. The predicted octanol–water partition coefficient (Wildman–Crippen LogP) is 4.67. The highest BCUT2D eigenvalue weighted by Gasteiger charge is 2.44. The van der Waals surface area contributed by atoms with Gasteiger partial charge >= 0.3 is 0 Å². The molecule has 35 heavy (non-hydrogen) atoms. The Bertz CT molecular complexity index is 1210. The molecule has 2 aromatic carbocycles. The largest absolute Gasteiger partial charge is 0.383 e. The molecule has 2 saturated heterocycles. The van der Waals surface area contributed by atoms with Gasteiger partial charge < -0.3 is 20.5 Å². The Morgan fingerprint density at radius 3 is 2.94 bits per heavy atom. The highest BCUT2D eigenvalue weighted by molar-refractivity contribution is 5.87. The summed E-state index contributed by atoms with van der Waals surface area (Å²) in [6, 6.07) is 16.7. The highest BCUT2D eigenvalue weighted by Crippen LogP contribution is 2.39. The lowest BCUT2D eigenvalue weighted by Gasteiger charge is -2.46. The molecule has 0 bridgehead atoms. The van der Waals surface area contributed by atoms with Gasteiger partial charge in [-0.05, 0) is 73.1 Å². The number of nitrogens with one attached hydrogen (secondary N) is 1. The van der Waals surface area contributed by atoms with Crippen molar-refractivity contribution >= 4 is 22.6 Å². The zero-order valence-electron chi connectivity index (χ0n) is 20.7. The van der Waals surface area contributed by atoms with Gasteiger partial charge in [0.05, 0.1) is 18.2 Å². The van der Waals surface area contributed by atoms with Crippen LogP contribution in [-0.4, -0.2) is 43.4 Å². The summed E-state index contributed by atoms with van der Waals surface area (Å²) < 4.78 is 11.8. The average molecular weight is 474 g/mol. The number of nitrogen functional groups attached to an aromatic ring is 1. The van der Waals surface area contributed by atoms with Crippen molar-refractivity contribution in [3.63, 3.8) is 0 Å². The van der Waals surface area contributed by atoms with Crippen LogP contribution in [0, 0.1) is 18.3 Å². The molecule has 3 atom stereocenters. The smallest absolute Gasteiger partial charge is 0.223 e. The van der Waals surface area contributed by atoms with E-state index in [1.165, 1.54) is 11.1 Å². The predicted molar refractivity (Wildman–Crippen MR) is 139 cm³/mol. The third-order valence-corrected chi connectivity index (χ3v) is 7.71. The monoisotopic (exact) mass is 473 g/mol. The lowest BCUT2D eigenvalue weighted by atomic mass is 9.74. The van der Waals surface area contributed by atoms with Gasteiger partial charge in [0, 0.05) is 36.5 Å². The Labute approximate surface area is 207 Å². The molecule has 6 nitrogen and oxygen atoms in total. The summed E-state index contributed by atoms with van der Waals surface area (Å²) in [4.78, 5) is 17.7. The van der Waals surface area contributed by atoms with Crippen molar-refractivity contribution in [1.82, 2.24) is 10.3 Å². The van der Waals surface area contributed by atoms with E-state index < -0.39 is 0 Å². The minimum absolute atomic E-state index is 0.0300. The van der Waals surface area contributed by atoms with Crippen molar-refractivity contribution in [1.29, 1.82) is 0 Å². The number of fused-ring (bicyclic) bond motifs is 2. The van der Waals surface area contributed by atoms with Gasteiger partial charge in [-0.2, -0.15) is 0 Å². The standard InChI is InChI=1S/C29H35N3O3/c1-19-6-3-4-7-24(19)21-8-9-25-22(15-21)16-23(27(30)32-25)14-20(2)28(33)31-17-29-11-5-12-35-26(29)10-13-34-18-29/h3-4,6-9,15-16,20,26H,5,10-14,17-18H2,1-2H3,(H2,30,32)(H,31,33)/t20?,26-,29-/m1/s1. The van der Waals surface area contributed by atoms with E-state index in [4.69, 9.17) is 15.2 Å². The first-order valence-corrected chi connectivity index (χ1v) is 12.7. The molecular formula is C29H35N3O3. The van der Waals surface area contributed by atoms with Crippen LogP contribution >= 0.6 is 0 Å². The van der Waals surface area contributed by atoms with Crippen LogP contribution in [-0.2, 0) is 20.7 Å². The van der Waals surface area contributed by atoms with Gasteiger partial charge in [-0.15, -0.1) is 0 Å². The number of hydrogen-bond donors (Lipinski definition) is 2. The molecule has 0 spiro atoms. The Morgan fingerprint density at radius 2 is 2.09 bits per heavy atom. The zero-order chi connectivity index (χ0) is 24.4. The van der Waals surface area contributed by atoms with Gasteiger partial charge in [0.2, 0.25) is 5.91 Å². The molecule has 1 amide bonds. The van der Waals surface area contributed by atoms with E-state index in [0.717, 1.165) is 54.5 Å². The van der Waals surface area contributed by atoms with Gasteiger partial charge in [0.25, 0.3) is 0 Å². The Balaban J connectivity index is 1.30. The topological polar surface area (TPSA) is 86.5 Å². The summed E-state index contributed by atoms with van der Waals surface area (Å²) in [5.74, 6) is 0.295. The van der Waals surface area contributed by atoms with E-state index in [2.05, 4.69) is 59.7 Å². The fourth-order valence-corrected chi connectivity index (χ4v) is 5.58. The van der Waals surface area contributed by atoms with Crippen molar-refractivity contribution in [2.45, 2.75) is 45.6 Å². The van der Waals surface area contributed by atoms with E-state index in [9.17, 15) is 4.79 Å². The number of ether oxygens (including phenoxy) is 2. The quantitative estimate of drug-likeness (QED) is 0.543. The van der Waals surface area contributed by atoms with Gasteiger partial charge in [0.15, 0.2) is 0 Å². The van der Waals surface area contributed by atoms with Gasteiger partial charge in [0.1, 0.15) is 5.82 Å². The minimum atomic E-state index is -0.222. The highest BCUT2D eigenvalue weighted by atomic mass is 16.5. The van der Waals surface area contributed by atoms with Crippen LogP contribution in [0.3, 0.4) is 0 Å². The van der Waals surface area contributed by atoms with E-state index in [-0.39, 0.29) is 23.3 Å². The summed E-state index contributed by atoms with van der Waals surface area (Å²) in [7, 11) is 0. The van der Waals surface area contributed by atoms with Crippen molar-refractivity contribution < 1.29 is 14.3 Å². The van der Waals surface area contributed by atoms with Gasteiger partial charge in [-0.3, -0.25) is 4.79 Å². The number of hydrogen-bond acceptors (Lipinski definition) is 5. The number of rotatable bonds is 6. The first-order chi connectivity index (χ1) is 16.9. The molecule has 2 fully saturated rings. The number of benzene rings is 2. The second kappa shape index (κ2) is 9.96. The maximum Gasteiger partial charge on any atom is 0.223 e. The second-order valence-electron chi connectivity index (χ2n) is 10.2. The number of carbonyl (C=O) groups excluding carboxylic acids is 1. The molecule has 2 aliphatic heterocycles. The molecule has 1 unspecified atom stereocenters. The van der Waals surface area contributed by atoms with Crippen LogP contribution in [0.4, 0.5) is 5.82 Å². The first-order valence-electron chi connectivity index (χ1n) is 12.7. The lowest BCUT2D eigenvalue weighted by Crippen LogP contribution is -2.55. The molecule has 3 heterocycles. The maximum absolute atomic E-state index is 13.1. The number of carbonyl (C=O) groups is 1. The maximum atomic E-state index is 13.1. The van der Waals surface area contributed by atoms with Crippen molar-refractivity contribution in [3.05, 3.63) is 59.7 Å². The van der Waals surface area contributed by atoms with Crippen LogP contribution in [0.15, 0.2) is 48.5 Å². The fraction of sp³-hybridized carbons (Fsp3) is 0.448. The molecule has 3 N–H and O–H groups in total. The molecule has 2 aliphatic rings. The Kier molecular flexibility index (Phi) is 6.76. The SMILES string of the molecule is Cc1ccccc1-c1ccc2nc(N)c(CC(C)C(=O)NC[C@@]34CCCO[C@@H]3CCOC4)cc2c1. The van der Waals surface area contributed by atoms with E-state index in [0.29, 0.717) is 25.4 Å². The van der Waals surface area contributed by atoms with Crippen LogP contribution in [0.2, 0.25) is 0 Å². The molecule has 3 aromatic rings. The van der Waals surface area contributed by atoms with E-state index >= 15 is 0 Å². The molecule has 0 saturated carbocycles. The number of nitrogens with zero attached hydrogens (tertiary/aromatic N) is 1. The average Bonchev–Trinajstić information content (AvgIpc) is 2.87. The van der Waals surface area contributed by atoms with Crippen molar-refractivity contribution in [3.8, 4) is 11.1 Å². The van der Waals surface area contributed by atoms with E-state index in [1.54, 1.807) is 0 Å². The van der Waals surface area contributed by atoms with Crippen LogP contribution in [0.5, 0.6) is 0 Å². The minimum Gasteiger partial charge on any atom is -0.383 e. The van der Waals surface area contributed by atoms with Crippen LogP contribution < -0.4 is 11.1 Å². The number of pyridine rings is 1. The molecular weight excluding hydrogens is 438 g/mol. The number of aromatic nitrogens is 1. The normalized spacial score (nSPS) is 23.0. The second-order valence-corrected chi connectivity index (χ2v) is 10.2. The first kappa shape index (κ1) is 23.8.